The maximum Gasteiger partial charge on any atom is 0.122 e. The second-order valence-corrected chi connectivity index (χ2v) is 4.27. The molecule has 0 fully saturated rings. The van der Waals surface area contributed by atoms with E-state index in [0.29, 0.717) is 13.0 Å². The third-order valence-electron chi connectivity index (χ3n) is 3.02. The summed E-state index contributed by atoms with van der Waals surface area (Å²) in [5.41, 5.74) is 2.34. The average molecular weight is 253 g/mol. The van der Waals surface area contributed by atoms with Crippen LogP contribution in [0.2, 0.25) is 0 Å². The van der Waals surface area contributed by atoms with Crippen LogP contribution in [0, 0.1) is 0 Å². The van der Waals surface area contributed by atoms with Gasteiger partial charge in [0.05, 0.1) is 13.7 Å². The van der Waals surface area contributed by atoms with Gasteiger partial charge in [0, 0.05) is 19.2 Å². The van der Waals surface area contributed by atoms with Gasteiger partial charge < -0.3 is 20.3 Å². The number of benzene rings is 1. The summed E-state index contributed by atoms with van der Waals surface area (Å²) < 4.78 is 5.28. The molecule has 0 radical (unpaired) electrons. The third-order valence-corrected chi connectivity index (χ3v) is 3.02. The first-order valence-electron chi connectivity index (χ1n) is 6.36. The third kappa shape index (κ3) is 4.29. The summed E-state index contributed by atoms with van der Waals surface area (Å²) in [5, 5.41) is 21.2. The van der Waals surface area contributed by atoms with Crippen LogP contribution in [0.15, 0.2) is 18.2 Å². The van der Waals surface area contributed by atoms with Gasteiger partial charge in [-0.25, -0.2) is 0 Å². The molecule has 4 nitrogen and oxygen atoms in total. The number of nitrogens with one attached hydrogen (secondary N) is 1. The molecule has 1 atom stereocenters. The second-order valence-electron chi connectivity index (χ2n) is 4.27. The van der Waals surface area contributed by atoms with Crippen LogP contribution in [-0.2, 0) is 13.0 Å². The molecule has 0 aliphatic rings. The van der Waals surface area contributed by atoms with E-state index >= 15 is 0 Å². The number of hydrogen-bond donors (Lipinski definition) is 3. The summed E-state index contributed by atoms with van der Waals surface area (Å²) in [4.78, 5) is 0. The highest BCUT2D eigenvalue weighted by molar-refractivity contribution is 5.37. The molecule has 0 aliphatic heterocycles. The lowest BCUT2D eigenvalue weighted by molar-refractivity contribution is 0.200. The first-order chi connectivity index (χ1) is 8.74. The summed E-state index contributed by atoms with van der Waals surface area (Å²) >= 11 is 0. The van der Waals surface area contributed by atoms with Gasteiger partial charge in [-0.15, -0.1) is 0 Å². The molecule has 0 aromatic heterocycles. The van der Waals surface area contributed by atoms with Crippen LogP contribution in [0.25, 0.3) is 0 Å². The largest absolute Gasteiger partial charge is 0.496 e. The summed E-state index contributed by atoms with van der Waals surface area (Å²) in [7, 11) is 1.68. The van der Waals surface area contributed by atoms with Crippen molar-refractivity contribution in [3.05, 3.63) is 29.3 Å². The fourth-order valence-electron chi connectivity index (χ4n) is 1.89. The van der Waals surface area contributed by atoms with Crippen LogP contribution in [0.4, 0.5) is 0 Å². The van der Waals surface area contributed by atoms with Crippen LogP contribution in [0.5, 0.6) is 5.75 Å². The predicted molar refractivity (Wildman–Crippen MR) is 71.8 cm³/mol. The van der Waals surface area contributed by atoms with Gasteiger partial charge >= 0.3 is 0 Å². The number of aliphatic hydroxyl groups is 2. The van der Waals surface area contributed by atoms with Crippen LogP contribution in [0.3, 0.4) is 0 Å². The highest BCUT2D eigenvalue weighted by Crippen LogP contribution is 2.20. The van der Waals surface area contributed by atoms with Gasteiger partial charge in [0.2, 0.25) is 0 Å². The van der Waals surface area contributed by atoms with Crippen LogP contribution in [-0.4, -0.2) is 36.6 Å². The lowest BCUT2D eigenvalue weighted by Gasteiger charge is -2.16. The Morgan fingerprint density at radius 1 is 1.33 bits per heavy atom. The van der Waals surface area contributed by atoms with E-state index in [0.717, 1.165) is 17.7 Å². The standard InChI is InChI=1S/C14H23NO3/c1-3-12-8-11(4-5-14(12)18-2)9-15-13(10-17)6-7-16/h4-5,8,13,15-17H,3,6-7,9-10H2,1-2H3. The van der Waals surface area contributed by atoms with E-state index in [1.54, 1.807) is 7.11 Å². The quantitative estimate of drug-likeness (QED) is 0.649. The molecule has 102 valence electrons. The van der Waals surface area contributed by atoms with E-state index in [1.165, 1.54) is 5.56 Å². The van der Waals surface area contributed by atoms with Crippen molar-refractivity contribution in [3.8, 4) is 5.75 Å². The molecule has 1 unspecified atom stereocenters. The molecule has 0 saturated carbocycles. The average Bonchev–Trinajstić information content (AvgIpc) is 2.42. The Bertz CT molecular complexity index is 355. The highest BCUT2D eigenvalue weighted by Gasteiger charge is 2.07. The Balaban J connectivity index is 2.61. The van der Waals surface area contributed by atoms with Crippen LogP contribution >= 0.6 is 0 Å². The van der Waals surface area contributed by atoms with Crippen LogP contribution in [0.1, 0.15) is 24.5 Å². The summed E-state index contributed by atoms with van der Waals surface area (Å²) in [6.07, 6.45) is 1.49. The van der Waals surface area contributed by atoms with Crippen molar-refractivity contribution in [2.45, 2.75) is 32.4 Å². The van der Waals surface area contributed by atoms with Crippen molar-refractivity contribution in [3.63, 3.8) is 0 Å². The van der Waals surface area contributed by atoms with Crippen molar-refractivity contribution in [1.82, 2.24) is 5.32 Å². The number of aliphatic hydroxyl groups excluding tert-OH is 2. The van der Waals surface area contributed by atoms with Gasteiger partial charge in [0.1, 0.15) is 5.75 Å². The fraction of sp³-hybridized carbons (Fsp3) is 0.571. The molecule has 18 heavy (non-hydrogen) atoms. The Morgan fingerprint density at radius 2 is 2.11 bits per heavy atom. The molecule has 0 aliphatic carbocycles. The van der Waals surface area contributed by atoms with Gasteiger partial charge in [-0.1, -0.05) is 19.1 Å². The van der Waals surface area contributed by atoms with E-state index in [4.69, 9.17) is 14.9 Å². The van der Waals surface area contributed by atoms with E-state index in [2.05, 4.69) is 18.3 Å². The summed E-state index contributed by atoms with van der Waals surface area (Å²) in [6.45, 7) is 2.90. The minimum Gasteiger partial charge on any atom is -0.496 e. The minimum atomic E-state index is -0.0535. The number of rotatable bonds is 8. The van der Waals surface area contributed by atoms with E-state index in [-0.39, 0.29) is 19.3 Å². The van der Waals surface area contributed by atoms with Crippen molar-refractivity contribution in [2.75, 3.05) is 20.3 Å². The number of methoxy groups -OCH3 is 1. The molecule has 0 amide bonds. The van der Waals surface area contributed by atoms with Crippen LogP contribution < -0.4 is 10.1 Å². The zero-order chi connectivity index (χ0) is 13.4. The lowest BCUT2D eigenvalue weighted by Crippen LogP contribution is -2.32. The second kappa shape index (κ2) is 8.08. The maximum atomic E-state index is 9.12. The Morgan fingerprint density at radius 3 is 2.67 bits per heavy atom. The van der Waals surface area contributed by atoms with E-state index < -0.39 is 0 Å². The summed E-state index contributed by atoms with van der Waals surface area (Å²) in [6, 6.07) is 6.04. The van der Waals surface area contributed by atoms with Gasteiger partial charge in [0.15, 0.2) is 0 Å². The SMILES string of the molecule is CCc1cc(CNC(CO)CCO)ccc1OC. The topological polar surface area (TPSA) is 61.7 Å². The first kappa shape index (κ1) is 15.0. The fourth-order valence-corrected chi connectivity index (χ4v) is 1.89. The molecular weight excluding hydrogens is 230 g/mol. The molecule has 0 heterocycles. The zero-order valence-corrected chi connectivity index (χ0v) is 11.1. The van der Waals surface area contributed by atoms with Crippen molar-refractivity contribution < 1.29 is 14.9 Å². The van der Waals surface area contributed by atoms with Gasteiger partial charge in [-0.2, -0.15) is 0 Å². The molecule has 3 N–H and O–H groups in total. The molecule has 1 aromatic rings. The molecule has 1 aromatic carbocycles. The monoisotopic (exact) mass is 253 g/mol. The van der Waals surface area contributed by atoms with Gasteiger partial charge in [-0.3, -0.25) is 0 Å². The van der Waals surface area contributed by atoms with Crippen molar-refractivity contribution in [2.24, 2.45) is 0 Å². The maximum absolute atomic E-state index is 9.12. The number of ether oxygens (including phenoxy) is 1. The first-order valence-corrected chi connectivity index (χ1v) is 6.36. The Hall–Kier alpha value is -1.10. The zero-order valence-electron chi connectivity index (χ0n) is 11.1. The summed E-state index contributed by atoms with van der Waals surface area (Å²) in [5.74, 6) is 0.912. The smallest absolute Gasteiger partial charge is 0.122 e. The minimum absolute atomic E-state index is 0.0390. The highest BCUT2D eigenvalue weighted by atomic mass is 16.5. The molecule has 0 spiro atoms. The number of hydrogen-bond acceptors (Lipinski definition) is 4. The Labute approximate surface area is 109 Å². The molecule has 4 heteroatoms. The normalized spacial score (nSPS) is 12.4. The van der Waals surface area contributed by atoms with Crippen molar-refractivity contribution >= 4 is 0 Å². The number of aryl methyl sites for hydroxylation is 1. The van der Waals surface area contributed by atoms with E-state index in [9.17, 15) is 0 Å². The molecule has 0 saturated heterocycles. The van der Waals surface area contributed by atoms with Gasteiger partial charge in [-0.05, 0) is 30.0 Å². The van der Waals surface area contributed by atoms with E-state index in [1.807, 2.05) is 12.1 Å². The molecule has 0 bridgehead atoms. The predicted octanol–water partition coefficient (Wildman–Crippen LogP) is 1.09. The van der Waals surface area contributed by atoms with Crippen molar-refractivity contribution in [1.29, 1.82) is 0 Å². The molecular formula is C14H23NO3. The lowest BCUT2D eigenvalue weighted by atomic mass is 10.1. The van der Waals surface area contributed by atoms with Gasteiger partial charge in [0.25, 0.3) is 0 Å². The molecule has 1 rings (SSSR count). The Kier molecular flexibility index (Phi) is 6.72.